The molecule has 7 heteroatoms. The summed E-state index contributed by atoms with van der Waals surface area (Å²) in [5, 5.41) is 23.8. The molecule has 2 rings (SSSR count). The number of rotatable bonds is 6. The summed E-state index contributed by atoms with van der Waals surface area (Å²) in [6.07, 6.45) is 3.85. The molecule has 21 heavy (non-hydrogen) atoms. The molecule has 1 amide bonds. The van der Waals surface area contributed by atoms with E-state index in [0.29, 0.717) is 6.04 Å². The zero-order valence-corrected chi connectivity index (χ0v) is 12.3. The van der Waals surface area contributed by atoms with Crippen molar-refractivity contribution in [3.8, 4) is 0 Å². The molecule has 0 aromatic heterocycles. The standard InChI is InChI=1S/C14H25N3O4/c18-9-5-11(14(20)21)16-13(19)12-2-1-8-17(12)10-3-6-15-7-4-10/h10-12,15,18H,1-9H2,(H,16,19)(H,20,21)/t11-,12?/m0/s1. The predicted molar refractivity (Wildman–Crippen MR) is 76.9 cm³/mol. The Labute approximate surface area is 124 Å². The Morgan fingerprint density at radius 3 is 2.62 bits per heavy atom. The molecule has 4 N–H and O–H groups in total. The first kappa shape index (κ1) is 16.2. The molecule has 0 aromatic carbocycles. The highest BCUT2D eigenvalue weighted by Gasteiger charge is 2.36. The van der Waals surface area contributed by atoms with Crippen LogP contribution in [0, 0.1) is 0 Å². The highest BCUT2D eigenvalue weighted by Crippen LogP contribution is 2.24. The fraction of sp³-hybridized carbons (Fsp3) is 0.857. The number of aliphatic hydroxyl groups excluding tert-OH is 1. The van der Waals surface area contributed by atoms with Crippen LogP contribution in [0.5, 0.6) is 0 Å². The first-order chi connectivity index (χ1) is 10.1. The third-order valence-corrected chi connectivity index (χ3v) is 4.41. The second kappa shape index (κ2) is 7.72. The zero-order valence-electron chi connectivity index (χ0n) is 12.3. The van der Waals surface area contributed by atoms with E-state index in [0.717, 1.165) is 45.3 Å². The van der Waals surface area contributed by atoms with Crippen LogP contribution in [0.4, 0.5) is 0 Å². The number of aliphatic carboxylic acids is 1. The van der Waals surface area contributed by atoms with Gasteiger partial charge in [-0.3, -0.25) is 9.69 Å². The van der Waals surface area contributed by atoms with Gasteiger partial charge in [-0.1, -0.05) is 0 Å². The summed E-state index contributed by atoms with van der Waals surface area (Å²) < 4.78 is 0. The number of hydrogen-bond acceptors (Lipinski definition) is 5. The summed E-state index contributed by atoms with van der Waals surface area (Å²) in [5.74, 6) is -1.31. The maximum Gasteiger partial charge on any atom is 0.326 e. The largest absolute Gasteiger partial charge is 0.480 e. The molecule has 2 aliphatic rings. The Balaban J connectivity index is 1.94. The number of carboxylic acids is 1. The number of carbonyl (C=O) groups is 2. The van der Waals surface area contributed by atoms with Gasteiger partial charge in [-0.2, -0.15) is 0 Å². The molecule has 0 bridgehead atoms. The van der Waals surface area contributed by atoms with E-state index in [1.54, 1.807) is 0 Å². The molecule has 0 aromatic rings. The average Bonchev–Trinajstić information content (AvgIpc) is 2.97. The van der Waals surface area contributed by atoms with Gasteiger partial charge < -0.3 is 20.8 Å². The minimum atomic E-state index is -1.09. The molecule has 2 saturated heterocycles. The molecular formula is C14H25N3O4. The van der Waals surface area contributed by atoms with Crippen LogP contribution in [0.15, 0.2) is 0 Å². The first-order valence-corrected chi connectivity index (χ1v) is 7.74. The number of amides is 1. The molecule has 0 spiro atoms. The minimum Gasteiger partial charge on any atom is -0.480 e. The highest BCUT2D eigenvalue weighted by atomic mass is 16.4. The van der Waals surface area contributed by atoms with Gasteiger partial charge in [0, 0.05) is 19.1 Å². The molecule has 2 aliphatic heterocycles. The van der Waals surface area contributed by atoms with Crippen LogP contribution in [0.3, 0.4) is 0 Å². The van der Waals surface area contributed by atoms with Crippen molar-refractivity contribution in [1.82, 2.24) is 15.5 Å². The lowest BCUT2D eigenvalue weighted by Crippen LogP contribution is -2.53. The van der Waals surface area contributed by atoms with Gasteiger partial charge in [0.05, 0.1) is 6.04 Å². The molecule has 2 atom stereocenters. The number of hydrogen-bond donors (Lipinski definition) is 4. The zero-order chi connectivity index (χ0) is 15.2. The van der Waals surface area contributed by atoms with E-state index in [4.69, 9.17) is 10.2 Å². The van der Waals surface area contributed by atoms with Crippen LogP contribution in [0.1, 0.15) is 32.1 Å². The van der Waals surface area contributed by atoms with Crippen LogP contribution in [0.25, 0.3) is 0 Å². The Morgan fingerprint density at radius 1 is 1.29 bits per heavy atom. The predicted octanol–water partition coefficient (Wildman–Crippen LogP) is -0.845. The van der Waals surface area contributed by atoms with Gasteiger partial charge in [-0.25, -0.2) is 4.79 Å². The van der Waals surface area contributed by atoms with Gasteiger partial charge in [-0.15, -0.1) is 0 Å². The van der Waals surface area contributed by atoms with Gasteiger partial charge in [0.1, 0.15) is 6.04 Å². The summed E-state index contributed by atoms with van der Waals surface area (Å²) in [6.45, 7) is 2.59. The van der Waals surface area contributed by atoms with Crippen molar-refractivity contribution in [2.45, 2.75) is 50.2 Å². The highest BCUT2D eigenvalue weighted by molar-refractivity contribution is 5.87. The lowest BCUT2D eigenvalue weighted by Gasteiger charge is -2.35. The van der Waals surface area contributed by atoms with Crippen LogP contribution in [-0.2, 0) is 9.59 Å². The number of piperidine rings is 1. The fourth-order valence-electron chi connectivity index (χ4n) is 3.30. The lowest BCUT2D eigenvalue weighted by molar-refractivity contribution is -0.143. The molecule has 2 fully saturated rings. The van der Waals surface area contributed by atoms with E-state index in [-0.39, 0.29) is 25.0 Å². The Kier molecular flexibility index (Phi) is 5.96. The summed E-state index contributed by atoms with van der Waals surface area (Å²) >= 11 is 0. The Morgan fingerprint density at radius 2 is 2.00 bits per heavy atom. The van der Waals surface area contributed by atoms with Gasteiger partial charge in [0.2, 0.25) is 5.91 Å². The molecule has 7 nitrogen and oxygen atoms in total. The Bertz CT molecular complexity index is 371. The van der Waals surface area contributed by atoms with E-state index in [1.807, 2.05) is 0 Å². The van der Waals surface area contributed by atoms with Crippen molar-refractivity contribution >= 4 is 11.9 Å². The molecule has 0 radical (unpaired) electrons. The van der Waals surface area contributed by atoms with Crippen LogP contribution in [0.2, 0.25) is 0 Å². The number of carbonyl (C=O) groups excluding carboxylic acids is 1. The molecule has 0 saturated carbocycles. The minimum absolute atomic E-state index is 0.0428. The monoisotopic (exact) mass is 299 g/mol. The number of nitrogens with zero attached hydrogens (tertiary/aromatic N) is 1. The molecule has 120 valence electrons. The maximum atomic E-state index is 12.4. The third-order valence-electron chi connectivity index (χ3n) is 4.41. The van der Waals surface area contributed by atoms with Crippen molar-refractivity contribution in [2.75, 3.05) is 26.2 Å². The van der Waals surface area contributed by atoms with Crippen LogP contribution < -0.4 is 10.6 Å². The number of likely N-dealkylation sites (tertiary alicyclic amines) is 1. The van der Waals surface area contributed by atoms with Crippen molar-refractivity contribution in [2.24, 2.45) is 0 Å². The smallest absolute Gasteiger partial charge is 0.326 e. The number of aliphatic hydroxyl groups is 1. The van der Waals surface area contributed by atoms with E-state index in [9.17, 15) is 9.59 Å². The van der Waals surface area contributed by atoms with E-state index < -0.39 is 12.0 Å². The van der Waals surface area contributed by atoms with E-state index >= 15 is 0 Å². The summed E-state index contributed by atoms with van der Waals surface area (Å²) in [6, 6.07) is -0.822. The van der Waals surface area contributed by atoms with Gasteiger partial charge in [0.25, 0.3) is 0 Å². The van der Waals surface area contributed by atoms with Crippen LogP contribution in [-0.4, -0.2) is 71.4 Å². The van der Waals surface area contributed by atoms with E-state index in [1.165, 1.54) is 0 Å². The van der Waals surface area contributed by atoms with Crippen molar-refractivity contribution < 1.29 is 19.8 Å². The molecule has 2 heterocycles. The first-order valence-electron chi connectivity index (χ1n) is 7.74. The maximum absolute atomic E-state index is 12.4. The number of carboxylic acid groups (broad SMARTS) is 1. The average molecular weight is 299 g/mol. The summed E-state index contributed by atoms with van der Waals surface area (Å²) in [4.78, 5) is 25.7. The lowest BCUT2D eigenvalue weighted by atomic mass is 10.0. The number of nitrogens with one attached hydrogen (secondary N) is 2. The van der Waals surface area contributed by atoms with Crippen LogP contribution >= 0.6 is 0 Å². The molecule has 0 aliphatic carbocycles. The van der Waals surface area contributed by atoms with Crippen molar-refractivity contribution in [1.29, 1.82) is 0 Å². The van der Waals surface area contributed by atoms with Gasteiger partial charge in [0.15, 0.2) is 0 Å². The second-order valence-electron chi connectivity index (χ2n) is 5.79. The van der Waals surface area contributed by atoms with Gasteiger partial charge in [-0.05, 0) is 45.3 Å². The van der Waals surface area contributed by atoms with E-state index in [2.05, 4.69) is 15.5 Å². The summed E-state index contributed by atoms with van der Waals surface area (Å²) in [7, 11) is 0. The Hall–Kier alpha value is -1.18. The third kappa shape index (κ3) is 4.15. The fourth-order valence-corrected chi connectivity index (χ4v) is 3.30. The molecule has 1 unspecified atom stereocenters. The second-order valence-corrected chi connectivity index (χ2v) is 5.79. The SMILES string of the molecule is O=C(N[C@@H](CCO)C(=O)O)C1CCCN1C1CCNCC1. The summed E-state index contributed by atoms with van der Waals surface area (Å²) in [5.41, 5.74) is 0. The van der Waals surface area contributed by atoms with Crippen molar-refractivity contribution in [3.63, 3.8) is 0 Å². The quantitative estimate of drug-likeness (QED) is 0.510. The normalized spacial score (nSPS) is 25.7. The topological polar surface area (TPSA) is 102 Å². The van der Waals surface area contributed by atoms with Gasteiger partial charge >= 0.3 is 5.97 Å². The molecular weight excluding hydrogens is 274 g/mol. The van der Waals surface area contributed by atoms with Crippen molar-refractivity contribution in [3.05, 3.63) is 0 Å².